The molecule has 0 bridgehead atoms. The van der Waals surface area contributed by atoms with E-state index in [1.165, 1.54) is 0 Å². The Morgan fingerprint density at radius 3 is 2.83 bits per heavy atom. The zero-order valence-corrected chi connectivity index (χ0v) is 14.1. The van der Waals surface area contributed by atoms with Gasteiger partial charge in [-0.15, -0.1) is 0 Å². The number of carbonyl (C=O) groups is 1. The van der Waals surface area contributed by atoms with Gasteiger partial charge in [0.15, 0.2) is 0 Å². The quantitative estimate of drug-likeness (QED) is 0.810. The van der Waals surface area contributed by atoms with Gasteiger partial charge < -0.3 is 14.8 Å². The van der Waals surface area contributed by atoms with Gasteiger partial charge in [-0.05, 0) is 37.0 Å². The van der Waals surface area contributed by atoms with Crippen molar-refractivity contribution in [1.29, 1.82) is 0 Å². The van der Waals surface area contributed by atoms with Crippen LogP contribution in [0.25, 0.3) is 10.9 Å². The lowest BCUT2D eigenvalue weighted by Crippen LogP contribution is -2.54. The highest BCUT2D eigenvalue weighted by molar-refractivity contribution is 5.88. The van der Waals surface area contributed by atoms with Crippen molar-refractivity contribution in [2.75, 3.05) is 7.11 Å². The molecular formula is C18H24N2O3. The zero-order chi connectivity index (χ0) is 16.8. The Bertz CT molecular complexity index is 750. The summed E-state index contributed by atoms with van der Waals surface area (Å²) in [5.41, 5.74) is 2.83. The van der Waals surface area contributed by atoms with E-state index < -0.39 is 12.0 Å². The van der Waals surface area contributed by atoms with E-state index in [0.717, 1.165) is 34.3 Å². The van der Waals surface area contributed by atoms with Crippen LogP contribution >= 0.6 is 0 Å². The van der Waals surface area contributed by atoms with Crippen LogP contribution in [0.15, 0.2) is 18.2 Å². The Kier molecular flexibility index (Phi) is 3.84. The Morgan fingerprint density at radius 1 is 1.48 bits per heavy atom. The van der Waals surface area contributed by atoms with Gasteiger partial charge in [-0.1, -0.05) is 13.8 Å². The smallest absolute Gasteiger partial charge is 0.321 e. The maximum atomic E-state index is 11.6. The van der Waals surface area contributed by atoms with Crippen molar-refractivity contribution >= 4 is 16.9 Å². The summed E-state index contributed by atoms with van der Waals surface area (Å²) < 4.78 is 5.30. The fraction of sp³-hybridized carbons (Fsp3) is 0.500. The third-order valence-electron chi connectivity index (χ3n) is 4.68. The Balaban J connectivity index is 2.17. The molecule has 1 aromatic carbocycles. The highest BCUT2D eigenvalue weighted by Crippen LogP contribution is 2.39. The van der Waals surface area contributed by atoms with E-state index in [-0.39, 0.29) is 5.54 Å². The lowest BCUT2D eigenvalue weighted by Gasteiger charge is -2.39. The summed E-state index contributed by atoms with van der Waals surface area (Å²) >= 11 is 0. The van der Waals surface area contributed by atoms with Crippen LogP contribution in [0, 0.1) is 5.92 Å². The van der Waals surface area contributed by atoms with Crippen LogP contribution in [0.5, 0.6) is 5.75 Å². The van der Waals surface area contributed by atoms with Crippen LogP contribution in [-0.4, -0.2) is 29.2 Å². The molecule has 3 rings (SSSR count). The Labute approximate surface area is 136 Å². The Hall–Kier alpha value is -2.01. The normalized spacial score (nSPS) is 24.0. The molecular weight excluding hydrogens is 292 g/mol. The topological polar surface area (TPSA) is 74.3 Å². The van der Waals surface area contributed by atoms with E-state index in [9.17, 15) is 9.90 Å². The van der Waals surface area contributed by atoms with Gasteiger partial charge in [0.05, 0.1) is 12.6 Å². The standard InChI is InChI=1S/C18H24N2O3/c1-10(2)9-18(3)16-13(8-15(20-18)17(21)22)12-6-5-11(23-4)7-14(12)19-16/h5-7,10,15,19-20H,8-9H2,1-4H3,(H,21,22)/t15-,18+/m1/s1. The van der Waals surface area contributed by atoms with Crippen molar-refractivity contribution in [2.24, 2.45) is 5.92 Å². The number of nitrogens with one attached hydrogen (secondary N) is 2. The van der Waals surface area contributed by atoms with Gasteiger partial charge in [-0.3, -0.25) is 10.1 Å². The third-order valence-corrected chi connectivity index (χ3v) is 4.68. The van der Waals surface area contributed by atoms with Crippen molar-refractivity contribution in [1.82, 2.24) is 10.3 Å². The molecule has 1 aliphatic heterocycles. The van der Waals surface area contributed by atoms with E-state index in [1.54, 1.807) is 7.11 Å². The second kappa shape index (κ2) is 5.57. The third kappa shape index (κ3) is 2.70. The number of hydrogen-bond acceptors (Lipinski definition) is 3. The molecule has 0 amide bonds. The van der Waals surface area contributed by atoms with Gasteiger partial charge in [0, 0.05) is 29.1 Å². The van der Waals surface area contributed by atoms with Crippen LogP contribution in [0.1, 0.15) is 38.4 Å². The molecule has 5 nitrogen and oxygen atoms in total. The van der Waals surface area contributed by atoms with Crippen molar-refractivity contribution in [3.05, 3.63) is 29.5 Å². The summed E-state index contributed by atoms with van der Waals surface area (Å²) in [5.74, 6) is 0.451. The average molecular weight is 316 g/mol. The number of aliphatic carboxylic acids is 1. The highest BCUT2D eigenvalue weighted by Gasteiger charge is 2.41. The minimum Gasteiger partial charge on any atom is -0.497 e. The lowest BCUT2D eigenvalue weighted by molar-refractivity contribution is -0.140. The number of fused-ring (bicyclic) bond motifs is 3. The molecule has 2 heterocycles. The molecule has 23 heavy (non-hydrogen) atoms. The molecule has 0 saturated carbocycles. The molecule has 5 heteroatoms. The molecule has 0 spiro atoms. The van der Waals surface area contributed by atoms with Gasteiger partial charge in [0.25, 0.3) is 0 Å². The Morgan fingerprint density at radius 2 is 2.22 bits per heavy atom. The lowest BCUT2D eigenvalue weighted by atomic mass is 9.80. The number of carboxylic acids is 1. The van der Waals surface area contributed by atoms with E-state index in [4.69, 9.17) is 4.74 Å². The van der Waals surface area contributed by atoms with Gasteiger partial charge in [-0.25, -0.2) is 0 Å². The average Bonchev–Trinajstić information content (AvgIpc) is 2.85. The van der Waals surface area contributed by atoms with E-state index >= 15 is 0 Å². The fourth-order valence-electron chi connectivity index (χ4n) is 3.88. The largest absolute Gasteiger partial charge is 0.497 e. The summed E-state index contributed by atoms with van der Waals surface area (Å²) in [5, 5.41) is 14.0. The van der Waals surface area contributed by atoms with Crippen molar-refractivity contribution in [3.8, 4) is 5.75 Å². The maximum Gasteiger partial charge on any atom is 0.321 e. The van der Waals surface area contributed by atoms with E-state index in [0.29, 0.717) is 12.3 Å². The molecule has 0 aliphatic carbocycles. The van der Waals surface area contributed by atoms with Crippen molar-refractivity contribution in [3.63, 3.8) is 0 Å². The number of hydrogen-bond donors (Lipinski definition) is 3. The molecule has 2 atom stereocenters. The number of benzene rings is 1. The van der Waals surface area contributed by atoms with Crippen molar-refractivity contribution < 1.29 is 14.6 Å². The van der Waals surface area contributed by atoms with Crippen LogP contribution in [0.3, 0.4) is 0 Å². The van der Waals surface area contributed by atoms with Crippen LogP contribution < -0.4 is 10.1 Å². The first-order valence-corrected chi connectivity index (χ1v) is 8.03. The summed E-state index contributed by atoms with van der Waals surface area (Å²) in [6, 6.07) is 5.35. The number of aromatic nitrogens is 1. The SMILES string of the molecule is COc1ccc2c3c([nH]c2c1)[C@](C)(CC(C)C)N[C@@H](C(=O)O)C3. The van der Waals surface area contributed by atoms with Gasteiger partial charge in [0.2, 0.25) is 0 Å². The monoisotopic (exact) mass is 316 g/mol. The first kappa shape index (κ1) is 15.9. The molecule has 0 saturated heterocycles. The molecule has 1 aromatic heterocycles. The predicted molar refractivity (Wildman–Crippen MR) is 89.9 cm³/mol. The van der Waals surface area contributed by atoms with E-state index in [1.807, 2.05) is 18.2 Å². The van der Waals surface area contributed by atoms with Gasteiger partial charge in [-0.2, -0.15) is 0 Å². The maximum absolute atomic E-state index is 11.6. The molecule has 0 unspecified atom stereocenters. The second-order valence-electron chi connectivity index (χ2n) is 7.06. The first-order chi connectivity index (χ1) is 10.8. The second-order valence-corrected chi connectivity index (χ2v) is 7.06. The summed E-state index contributed by atoms with van der Waals surface area (Å²) in [7, 11) is 1.65. The summed E-state index contributed by atoms with van der Waals surface area (Å²) in [6.45, 7) is 6.40. The molecule has 0 radical (unpaired) electrons. The number of methoxy groups -OCH3 is 1. The minimum atomic E-state index is -0.798. The highest BCUT2D eigenvalue weighted by atomic mass is 16.5. The molecule has 124 valence electrons. The summed E-state index contributed by atoms with van der Waals surface area (Å²) in [6.07, 6.45) is 1.36. The number of aromatic amines is 1. The fourth-order valence-corrected chi connectivity index (χ4v) is 3.88. The molecule has 2 aromatic rings. The molecule has 3 N–H and O–H groups in total. The van der Waals surface area contributed by atoms with Crippen LogP contribution in [0.2, 0.25) is 0 Å². The minimum absolute atomic E-state index is 0.378. The zero-order valence-electron chi connectivity index (χ0n) is 14.1. The predicted octanol–water partition coefficient (Wildman–Crippen LogP) is 3.04. The number of ether oxygens (including phenoxy) is 1. The summed E-state index contributed by atoms with van der Waals surface area (Å²) in [4.78, 5) is 15.1. The molecule has 1 aliphatic rings. The van der Waals surface area contributed by atoms with Gasteiger partial charge >= 0.3 is 5.97 Å². The first-order valence-electron chi connectivity index (χ1n) is 8.03. The van der Waals surface area contributed by atoms with Crippen LogP contribution in [-0.2, 0) is 16.8 Å². The number of rotatable bonds is 4. The van der Waals surface area contributed by atoms with Crippen LogP contribution in [0.4, 0.5) is 0 Å². The van der Waals surface area contributed by atoms with E-state index in [2.05, 4.69) is 31.1 Å². The number of H-pyrrole nitrogens is 1. The number of carboxylic acid groups (broad SMARTS) is 1. The van der Waals surface area contributed by atoms with Gasteiger partial charge in [0.1, 0.15) is 11.8 Å². The van der Waals surface area contributed by atoms with Crippen molar-refractivity contribution in [2.45, 2.75) is 45.2 Å². The molecule has 0 fully saturated rings.